The van der Waals surface area contributed by atoms with Gasteiger partial charge in [0.25, 0.3) is 5.91 Å². The number of benzene rings is 4. The molecule has 0 fully saturated rings. The first-order chi connectivity index (χ1) is 17.3. The van der Waals surface area contributed by atoms with Gasteiger partial charge >= 0.3 is 0 Å². The Morgan fingerprint density at radius 2 is 1.53 bits per heavy atom. The molecule has 0 aromatic heterocycles. The maximum Gasteiger partial charge on any atom is 0.289 e. The van der Waals surface area contributed by atoms with Crippen LogP contribution < -0.4 is 15.8 Å². The van der Waals surface area contributed by atoms with Gasteiger partial charge < -0.3 is 20.2 Å². The zero-order valence-corrected chi connectivity index (χ0v) is 22.1. The van der Waals surface area contributed by atoms with E-state index in [-0.39, 0.29) is 40.4 Å². The number of carbonyl (C=O) groups excluding carboxylic acids is 1. The minimum absolute atomic E-state index is 0.0717. The SMILES string of the molecule is NN(C(=O)C(=Cc1cc(Br)c(O)c(Br)c1O)N(CCO)c1ccccc1)c1ccc2ccccc2c1. The second-order valence-corrected chi connectivity index (χ2v) is 9.55. The van der Waals surface area contributed by atoms with E-state index in [9.17, 15) is 20.1 Å². The smallest absolute Gasteiger partial charge is 0.289 e. The molecule has 1 amide bonds. The number of fused-ring (bicyclic) bond motifs is 1. The van der Waals surface area contributed by atoms with Crippen molar-refractivity contribution in [1.82, 2.24) is 0 Å². The molecule has 36 heavy (non-hydrogen) atoms. The van der Waals surface area contributed by atoms with Crippen molar-refractivity contribution in [3.8, 4) is 11.5 Å². The summed E-state index contributed by atoms with van der Waals surface area (Å²) in [5.74, 6) is 5.35. The number of nitrogens with two attached hydrogens (primary N) is 1. The largest absolute Gasteiger partial charge is 0.506 e. The van der Waals surface area contributed by atoms with Gasteiger partial charge in [-0.2, -0.15) is 0 Å². The van der Waals surface area contributed by atoms with Gasteiger partial charge in [0.05, 0.1) is 16.8 Å². The van der Waals surface area contributed by atoms with Crippen LogP contribution in [-0.4, -0.2) is 34.4 Å². The second-order valence-electron chi connectivity index (χ2n) is 7.91. The molecular formula is C27H23Br2N3O4. The molecule has 184 valence electrons. The van der Waals surface area contributed by atoms with E-state index in [4.69, 9.17) is 5.84 Å². The maximum atomic E-state index is 13.9. The summed E-state index contributed by atoms with van der Waals surface area (Å²) in [4.78, 5) is 15.5. The summed E-state index contributed by atoms with van der Waals surface area (Å²) >= 11 is 6.44. The van der Waals surface area contributed by atoms with Gasteiger partial charge in [-0.1, -0.05) is 48.5 Å². The molecule has 0 spiro atoms. The fourth-order valence-corrected chi connectivity index (χ4v) is 4.95. The minimum Gasteiger partial charge on any atom is -0.506 e. The number of anilines is 2. The van der Waals surface area contributed by atoms with Crippen LogP contribution in [0, 0.1) is 0 Å². The van der Waals surface area contributed by atoms with Crippen molar-refractivity contribution in [3.05, 3.63) is 99.1 Å². The van der Waals surface area contributed by atoms with Crippen LogP contribution in [0.4, 0.5) is 11.4 Å². The molecule has 4 aromatic rings. The second kappa shape index (κ2) is 11.1. The van der Waals surface area contributed by atoms with Crippen LogP contribution in [0.25, 0.3) is 16.8 Å². The lowest BCUT2D eigenvalue weighted by Crippen LogP contribution is -2.43. The quantitative estimate of drug-likeness (QED) is 0.0946. The molecule has 4 aromatic carbocycles. The molecule has 0 bridgehead atoms. The minimum atomic E-state index is -0.567. The summed E-state index contributed by atoms with van der Waals surface area (Å²) in [6.07, 6.45) is 1.47. The Balaban J connectivity index is 1.86. The van der Waals surface area contributed by atoms with Gasteiger partial charge in [0.1, 0.15) is 21.7 Å². The first kappa shape index (κ1) is 25.7. The fourth-order valence-electron chi connectivity index (χ4n) is 3.79. The Hall–Kier alpha value is -3.37. The van der Waals surface area contributed by atoms with Crippen molar-refractivity contribution in [2.45, 2.75) is 0 Å². The van der Waals surface area contributed by atoms with Crippen LogP contribution in [0.15, 0.2) is 93.5 Å². The fraction of sp³-hybridized carbons (Fsp3) is 0.0741. The molecule has 0 aliphatic rings. The molecule has 0 radical (unpaired) electrons. The number of halogens is 2. The Kier molecular flexibility index (Phi) is 7.95. The number of aliphatic hydroxyl groups is 1. The van der Waals surface area contributed by atoms with E-state index < -0.39 is 5.91 Å². The normalized spacial score (nSPS) is 11.5. The Labute approximate surface area is 224 Å². The lowest BCUT2D eigenvalue weighted by Gasteiger charge is -2.29. The van der Waals surface area contributed by atoms with Gasteiger partial charge in [0.15, 0.2) is 0 Å². The maximum absolute atomic E-state index is 13.9. The number of carbonyl (C=O) groups is 1. The van der Waals surface area contributed by atoms with Crippen LogP contribution in [0.1, 0.15) is 5.56 Å². The average molecular weight is 613 g/mol. The van der Waals surface area contributed by atoms with Crippen molar-refractivity contribution in [3.63, 3.8) is 0 Å². The van der Waals surface area contributed by atoms with E-state index in [1.165, 1.54) is 12.1 Å². The predicted molar refractivity (Wildman–Crippen MR) is 150 cm³/mol. The van der Waals surface area contributed by atoms with Crippen LogP contribution in [0.3, 0.4) is 0 Å². The first-order valence-electron chi connectivity index (χ1n) is 10.9. The molecule has 0 saturated carbocycles. The number of aliphatic hydroxyl groups excluding tert-OH is 1. The zero-order chi connectivity index (χ0) is 25.8. The van der Waals surface area contributed by atoms with Crippen LogP contribution >= 0.6 is 31.9 Å². The Morgan fingerprint density at radius 1 is 0.861 bits per heavy atom. The number of rotatable bonds is 7. The van der Waals surface area contributed by atoms with Gasteiger partial charge in [-0.15, -0.1) is 0 Å². The van der Waals surface area contributed by atoms with Gasteiger partial charge in [-0.05, 0) is 79.0 Å². The molecule has 4 rings (SSSR count). The number of para-hydroxylation sites is 1. The molecular weight excluding hydrogens is 590 g/mol. The lowest BCUT2D eigenvalue weighted by molar-refractivity contribution is -0.115. The van der Waals surface area contributed by atoms with Gasteiger partial charge in [0.2, 0.25) is 0 Å². The predicted octanol–water partition coefficient (Wildman–Crippen LogP) is 5.52. The molecule has 0 unspecified atom stereocenters. The Bertz CT molecular complexity index is 1440. The number of aromatic hydroxyl groups is 2. The number of nitrogens with zero attached hydrogens (tertiary/aromatic N) is 2. The van der Waals surface area contributed by atoms with Gasteiger partial charge in [0, 0.05) is 17.8 Å². The van der Waals surface area contributed by atoms with Crippen molar-refractivity contribution < 1.29 is 20.1 Å². The highest BCUT2D eigenvalue weighted by Crippen LogP contribution is 2.42. The highest BCUT2D eigenvalue weighted by Gasteiger charge is 2.25. The topological polar surface area (TPSA) is 110 Å². The van der Waals surface area contributed by atoms with E-state index in [1.807, 2.05) is 54.6 Å². The first-order valence-corrected chi connectivity index (χ1v) is 12.5. The molecule has 0 aliphatic carbocycles. The van der Waals surface area contributed by atoms with Gasteiger partial charge in [-0.25, -0.2) is 10.9 Å². The summed E-state index contributed by atoms with van der Waals surface area (Å²) in [6, 6.07) is 23.7. The van der Waals surface area contributed by atoms with Crippen molar-refractivity contribution in [2.75, 3.05) is 23.1 Å². The van der Waals surface area contributed by atoms with E-state index in [0.717, 1.165) is 15.8 Å². The van der Waals surface area contributed by atoms with Crippen molar-refractivity contribution in [1.29, 1.82) is 0 Å². The molecule has 0 aliphatic heterocycles. The molecule has 5 N–H and O–H groups in total. The summed E-state index contributed by atoms with van der Waals surface area (Å²) in [7, 11) is 0. The molecule has 9 heteroatoms. The third-order valence-corrected chi connectivity index (χ3v) is 6.98. The zero-order valence-electron chi connectivity index (χ0n) is 19.0. The summed E-state index contributed by atoms with van der Waals surface area (Å²) in [5.41, 5.74) is 1.47. The number of amides is 1. The van der Waals surface area contributed by atoms with Gasteiger partial charge in [-0.3, -0.25) is 4.79 Å². The molecule has 0 atom stereocenters. The molecule has 7 nitrogen and oxygen atoms in total. The van der Waals surface area contributed by atoms with E-state index in [1.54, 1.807) is 23.1 Å². The monoisotopic (exact) mass is 611 g/mol. The number of hydrogen-bond acceptors (Lipinski definition) is 6. The summed E-state index contributed by atoms with van der Waals surface area (Å²) in [5, 5.41) is 33.6. The van der Waals surface area contributed by atoms with Crippen LogP contribution in [0.2, 0.25) is 0 Å². The van der Waals surface area contributed by atoms with Crippen LogP contribution in [0.5, 0.6) is 11.5 Å². The third-order valence-electron chi connectivity index (χ3n) is 5.62. The van der Waals surface area contributed by atoms with Crippen molar-refractivity contribution in [2.24, 2.45) is 5.84 Å². The molecule has 0 heterocycles. The Morgan fingerprint density at radius 3 is 2.22 bits per heavy atom. The van der Waals surface area contributed by atoms with Crippen molar-refractivity contribution >= 4 is 66.0 Å². The summed E-state index contributed by atoms with van der Waals surface area (Å²) < 4.78 is 0.389. The van der Waals surface area contributed by atoms with E-state index >= 15 is 0 Å². The number of phenols is 2. The van der Waals surface area contributed by atoms with E-state index in [2.05, 4.69) is 31.9 Å². The van der Waals surface area contributed by atoms with E-state index in [0.29, 0.717) is 15.8 Å². The number of phenolic OH excluding ortho intramolecular Hbond substituents is 2. The highest BCUT2D eigenvalue weighted by molar-refractivity contribution is 9.11. The lowest BCUT2D eigenvalue weighted by atomic mass is 10.1. The number of hydrazine groups is 1. The van der Waals surface area contributed by atoms with Crippen LogP contribution in [-0.2, 0) is 4.79 Å². The standard InChI is InChI=1S/C27H23Br2N3O4/c28-22-15-19(25(34)24(29)26(22)35)16-23(31(12-13-33)20-8-2-1-3-9-20)27(36)32(30)21-11-10-17-6-4-5-7-18(17)14-21/h1-11,14-16,33-35H,12-13,30H2. The highest BCUT2D eigenvalue weighted by atomic mass is 79.9. The summed E-state index contributed by atoms with van der Waals surface area (Å²) in [6.45, 7) is -0.149. The average Bonchev–Trinajstić information content (AvgIpc) is 2.91. The third kappa shape index (κ3) is 5.24. The molecule has 0 saturated heterocycles. The number of hydrogen-bond donors (Lipinski definition) is 4.